The first-order valence-electron chi connectivity index (χ1n) is 6.87. The van der Waals surface area contributed by atoms with Crippen LogP contribution >= 0.6 is 0 Å². The van der Waals surface area contributed by atoms with Gasteiger partial charge in [-0.25, -0.2) is 9.37 Å². The number of rotatable bonds is 6. The lowest BCUT2D eigenvalue weighted by Gasteiger charge is -2.11. The summed E-state index contributed by atoms with van der Waals surface area (Å²) >= 11 is 0. The first-order chi connectivity index (χ1) is 11.1. The van der Waals surface area contributed by atoms with Gasteiger partial charge < -0.3 is 15.8 Å². The summed E-state index contributed by atoms with van der Waals surface area (Å²) in [7, 11) is 1.57. The molecule has 0 spiro atoms. The highest BCUT2D eigenvalue weighted by atomic mass is 19.1. The number of hydrogen-bond acceptors (Lipinski definition) is 4. The predicted molar refractivity (Wildman–Crippen MR) is 86.4 cm³/mol. The highest BCUT2D eigenvalue weighted by Crippen LogP contribution is 2.25. The molecule has 0 aliphatic rings. The van der Waals surface area contributed by atoms with E-state index in [9.17, 15) is 9.18 Å². The van der Waals surface area contributed by atoms with Crippen molar-refractivity contribution in [1.29, 1.82) is 0 Å². The molecule has 0 bridgehead atoms. The van der Waals surface area contributed by atoms with Crippen molar-refractivity contribution < 1.29 is 13.9 Å². The number of hydrogen-bond donors (Lipinski definition) is 2. The molecule has 2 rings (SSSR count). The molecule has 23 heavy (non-hydrogen) atoms. The van der Waals surface area contributed by atoms with Gasteiger partial charge in [0.05, 0.1) is 18.0 Å². The molecular formula is C17H16FN3O2. The third kappa shape index (κ3) is 3.84. The minimum absolute atomic E-state index is 0.0316. The van der Waals surface area contributed by atoms with Crippen molar-refractivity contribution in [2.75, 3.05) is 25.6 Å². The van der Waals surface area contributed by atoms with Gasteiger partial charge in [0.25, 0.3) is 5.91 Å². The Labute approximate surface area is 133 Å². The van der Waals surface area contributed by atoms with Crippen LogP contribution in [0.4, 0.5) is 10.1 Å². The van der Waals surface area contributed by atoms with Crippen molar-refractivity contribution in [3.63, 3.8) is 0 Å². The number of aromatic nitrogens is 1. The molecule has 0 unspecified atom stereocenters. The molecule has 0 saturated heterocycles. The number of nitrogens with one attached hydrogen (secondary N) is 1. The lowest BCUT2D eigenvalue weighted by Crippen LogP contribution is -2.18. The Hall–Kier alpha value is -2.91. The number of amides is 1. The van der Waals surface area contributed by atoms with Gasteiger partial charge in [-0.1, -0.05) is 5.92 Å². The molecule has 0 aliphatic heterocycles. The van der Waals surface area contributed by atoms with Gasteiger partial charge >= 0.3 is 0 Å². The number of anilines is 1. The summed E-state index contributed by atoms with van der Waals surface area (Å²) in [4.78, 5) is 15.8. The Balaban J connectivity index is 2.44. The second-order valence-electron chi connectivity index (χ2n) is 4.72. The third-order valence-electron chi connectivity index (χ3n) is 3.16. The van der Waals surface area contributed by atoms with Crippen LogP contribution in [0, 0.1) is 18.2 Å². The predicted octanol–water partition coefficient (Wildman–Crippen LogP) is 2.03. The number of methoxy groups -OCH3 is 1. The molecular weight excluding hydrogens is 297 g/mol. The monoisotopic (exact) mass is 313 g/mol. The summed E-state index contributed by atoms with van der Waals surface area (Å²) in [5.74, 6) is 1.25. The fourth-order valence-corrected chi connectivity index (χ4v) is 2.04. The number of carbonyl (C=O) groups is 1. The van der Waals surface area contributed by atoms with Crippen LogP contribution in [0.2, 0.25) is 0 Å². The molecule has 5 nitrogen and oxygen atoms in total. The van der Waals surface area contributed by atoms with E-state index in [0.29, 0.717) is 24.4 Å². The summed E-state index contributed by atoms with van der Waals surface area (Å²) in [6.07, 6.45) is 5.33. The van der Waals surface area contributed by atoms with Gasteiger partial charge in [-0.15, -0.1) is 6.42 Å². The van der Waals surface area contributed by atoms with E-state index in [4.69, 9.17) is 16.9 Å². The average molecular weight is 313 g/mol. The first-order valence-corrected chi connectivity index (χ1v) is 6.87. The standard InChI is InChI=1S/C17H16FN3O2/c1-3-11-4-5-13(18)12(10-11)14-6-7-15(20-8-9-23-2)16(21-14)17(19)22/h1,4-7,10,20H,8-9H2,2H3,(H2,19,22). The van der Waals surface area contributed by atoms with Crippen LogP contribution in [-0.4, -0.2) is 31.2 Å². The Bertz CT molecular complexity index is 769. The average Bonchev–Trinajstić information content (AvgIpc) is 2.55. The van der Waals surface area contributed by atoms with Crippen molar-refractivity contribution in [3.8, 4) is 23.6 Å². The maximum absolute atomic E-state index is 14.0. The number of halogens is 1. The Morgan fingerprint density at radius 3 is 2.87 bits per heavy atom. The summed E-state index contributed by atoms with van der Waals surface area (Å²) in [5.41, 5.74) is 6.87. The van der Waals surface area contributed by atoms with E-state index in [1.54, 1.807) is 19.2 Å². The molecule has 2 aromatic rings. The first kappa shape index (κ1) is 16.5. The van der Waals surface area contributed by atoms with E-state index in [-0.39, 0.29) is 17.0 Å². The van der Waals surface area contributed by atoms with Gasteiger partial charge in [0, 0.05) is 24.8 Å². The number of nitrogens with two attached hydrogens (primary N) is 1. The van der Waals surface area contributed by atoms with Crippen LogP contribution in [0.5, 0.6) is 0 Å². The van der Waals surface area contributed by atoms with Crippen LogP contribution in [-0.2, 0) is 4.74 Å². The van der Waals surface area contributed by atoms with Gasteiger partial charge in [0.2, 0.25) is 0 Å². The zero-order valence-corrected chi connectivity index (χ0v) is 12.6. The second-order valence-corrected chi connectivity index (χ2v) is 4.72. The molecule has 1 heterocycles. The van der Waals surface area contributed by atoms with Gasteiger partial charge in [0.15, 0.2) is 5.69 Å². The summed E-state index contributed by atoms with van der Waals surface area (Å²) in [5, 5.41) is 3.00. The molecule has 1 aromatic heterocycles. The smallest absolute Gasteiger partial charge is 0.269 e. The summed E-state index contributed by atoms with van der Waals surface area (Å²) < 4.78 is 18.9. The van der Waals surface area contributed by atoms with E-state index in [1.807, 2.05) is 0 Å². The molecule has 0 saturated carbocycles. The van der Waals surface area contributed by atoms with E-state index in [2.05, 4.69) is 16.2 Å². The van der Waals surface area contributed by atoms with Gasteiger partial charge in [-0.05, 0) is 30.3 Å². The molecule has 0 radical (unpaired) electrons. The number of nitrogens with zero attached hydrogens (tertiary/aromatic N) is 1. The third-order valence-corrected chi connectivity index (χ3v) is 3.16. The van der Waals surface area contributed by atoms with Crippen LogP contribution in [0.15, 0.2) is 30.3 Å². The highest BCUT2D eigenvalue weighted by molar-refractivity contribution is 5.97. The van der Waals surface area contributed by atoms with E-state index >= 15 is 0 Å². The number of carbonyl (C=O) groups excluding carboxylic acids is 1. The van der Waals surface area contributed by atoms with Crippen molar-refractivity contribution in [2.24, 2.45) is 5.73 Å². The van der Waals surface area contributed by atoms with Crippen molar-refractivity contribution in [1.82, 2.24) is 4.98 Å². The molecule has 0 fully saturated rings. The van der Waals surface area contributed by atoms with Gasteiger partial charge in [0.1, 0.15) is 5.82 Å². The summed E-state index contributed by atoms with van der Waals surface area (Å²) in [6, 6.07) is 7.48. The number of terminal acetylenes is 1. The van der Waals surface area contributed by atoms with Crippen molar-refractivity contribution in [2.45, 2.75) is 0 Å². The number of benzene rings is 1. The molecule has 6 heteroatoms. The fraction of sp³-hybridized carbons (Fsp3) is 0.176. The largest absolute Gasteiger partial charge is 0.383 e. The van der Waals surface area contributed by atoms with E-state index in [0.717, 1.165) is 0 Å². The maximum atomic E-state index is 14.0. The van der Waals surface area contributed by atoms with Crippen LogP contribution in [0.1, 0.15) is 16.1 Å². The molecule has 118 valence electrons. The van der Waals surface area contributed by atoms with E-state index in [1.165, 1.54) is 18.2 Å². The van der Waals surface area contributed by atoms with Crippen LogP contribution in [0.25, 0.3) is 11.3 Å². The Morgan fingerprint density at radius 2 is 2.22 bits per heavy atom. The molecule has 3 N–H and O–H groups in total. The summed E-state index contributed by atoms with van der Waals surface area (Å²) in [6.45, 7) is 0.942. The Kier molecular flexibility index (Phi) is 5.28. The zero-order valence-electron chi connectivity index (χ0n) is 12.6. The molecule has 1 aromatic carbocycles. The lowest BCUT2D eigenvalue weighted by atomic mass is 10.1. The molecule has 0 aliphatic carbocycles. The van der Waals surface area contributed by atoms with Crippen molar-refractivity contribution in [3.05, 3.63) is 47.4 Å². The number of pyridine rings is 1. The highest BCUT2D eigenvalue weighted by Gasteiger charge is 2.14. The Morgan fingerprint density at radius 1 is 1.43 bits per heavy atom. The van der Waals surface area contributed by atoms with Crippen LogP contribution in [0.3, 0.4) is 0 Å². The SMILES string of the molecule is C#Cc1ccc(F)c(-c2ccc(NCCOC)c(C(N)=O)n2)c1. The normalized spacial score (nSPS) is 10.1. The molecule has 0 atom stereocenters. The molecule has 1 amide bonds. The lowest BCUT2D eigenvalue weighted by molar-refractivity contribution is 0.0996. The second kappa shape index (κ2) is 7.38. The minimum atomic E-state index is -0.708. The minimum Gasteiger partial charge on any atom is -0.383 e. The van der Waals surface area contributed by atoms with Gasteiger partial charge in [-0.3, -0.25) is 4.79 Å². The fourth-order valence-electron chi connectivity index (χ4n) is 2.04. The van der Waals surface area contributed by atoms with Crippen LogP contribution < -0.4 is 11.1 Å². The zero-order chi connectivity index (χ0) is 16.8. The number of primary amides is 1. The van der Waals surface area contributed by atoms with Crippen molar-refractivity contribution >= 4 is 11.6 Å². The number of ether oxygens (including phenoxy) is 1. The quantitative estimate of drug-likeness (QED) is 0.632. The van der Waals surface area contributed by atoms with Gasteiger partial charge in [-0.2, -0.15) is 0 Å². The topological polar surface area (TPSA) is 77.2 Å². The van der Waals surface area contributed by atoms with E-state index < -0.39 is 11.7 Å². The maximum Gasteiger partial charge on any atom is 0.269 e.